The number of likely N-dealkylation sites (tertiary alicyclic amines) is 2. The Bertz CT molecular complexity index is 837. The van der Waals surface area contributed by atoms with E-state index in [1.54, 1.807) is 0 Å². The van der Waals surface area contributed by atoms with Crippen LogP contribution >= 0.6 is 28.6 Å². The fraction of sp³-hybridized carbons (Fsp3) is 0.667. The Morgan fingerprint density at radius 1 is 1.00 bits per heavy atom. The van der Waals surface area contributed by atoms with E-state index in [1.807, 2.05) is 18.2 Å². The van der Waals surface area contributed by atoms with Crippen molar-refractivity contribution < 1.29 is 14.7 Å². The molecule has 2 aliphatic carbocycles. The molecule has 3 atom stereocenters. The molecule has 0 bridgehead atoms. The van der Waals surface area contributed by atoms with Gasteiger partial charge in [-0.05, 0) is 60.9 Å². The smallest absolute Gasteiger partial charge is 0.229 e. The highest BCUT2D eigenvalue weighted by Gasteiger charge is 2.46. The molecular weight excluding hydrogens is 480 g/mol. The van der Waals surface area contributed by atoms with Gasteiger partial charge in [-0.3, -0.25) is 14.5 Å². The molecule has 7 heteroatoms. The summed E-state index contributed by atoms with van der Waals surface area (Å²) >= 11 is 6.18. The first-order chi connectivity index (χ1) is 14.5. The van der Waals surface area contributed by atoms with Gasteiger partial charge in [-0.1, -0.05) is 30.5 Å². The van der Waals surface area contributed by atoms with Crippen LogP contribution in [0, 0.1) is 11.3 Å². The molecule has 31 heavy (non-hydrogen) atoms. The van der Waals surface area contributed by atoms with Crippen LogP contribution in [-0.4, -0.2) is 52.9 Å². The average molecular weight is 512 g/mol. The van der Waals surface area contributed by atoms with Crippen LogP contribution in [0.25, 0.3) is 0 Å². The van der Waals surface area contributed by atoms with Crippen molar-refractivity contribution in [2.75, 3.05) is 26.2 Å². The van der Waals surface area contributed by atoms with E-state index in [1.165, 1.54) is 10.5 Å². The third-order valence-corrected chi connectivity index (χ3v) is 8.27. The van der Waals surface area contributed by atoms with Crippen molar-refractivity contribution in [2.24, 2.45) is 11.3 Å². The minimum absolute atomic E-state index is 0. The number of aliphatic hydroxyl groups excluding tert-OH is 1. The molecule has 1 aromatic rings. The van der Waals surface area contributed by atoms with Gasteiger partial charge in [0.15, 0.2) is 0 Å². The van der Waals surface area contributed by atoms with E-state index in [2.05, 4.69) is 4.90 Å². The van der Waals surface area contributed by atoms with Gasteiger partial charge in [0.1, 0.15) is 0 Å². The van der Waals surface area contributed by atoms with E-state index in [9.17, 15) is 14.7 Å². The van der Waals surface area contributed by atoms with Gasteiger partial charge < -0.3 is 10.0 Å². The summed E-state index contributed by atoms with van der Waals surface area (Å²) in [7, 11) is 0. The van der Waals surface area contributed by atoms with Gasteiger partial charge >= 0.3 is 0 Å². The van der Waals surface area contributed by atoms with Crippen molar-refractivity contribution in [2.45, 2.75) is 63.4 Å². The third-order valence-electron chi connectivity index (χ3n) is 8.04. The van der Waals surface area contributed by atoms with Crippen LogP contribution in [0.2, 0.25) is 5.02 Å². The monoisotopic (exact) mass is 510 g/mol. The van der Waals surface area contributed by atoms with Crippen LogP contribution in [0.5, 0.6) is 0 Å². The van der Waals surface area contributed by atoms with Gasteiger partial charge in [0.25, 0.3) is 0 Å². The molecule has 2 saturated heterocycles. The third kappa shape index (κ3) is 4.33. The average Bonchev–Trinajstić information content (AvgIpc) is 3.38. The van der Waals surface area contributed by atoms with Gasteiger partial charge in [-0.25, -0.2) is 0 Å². The quantitative estimate of drug-likeness (QED) is 0.468. The minimum Gasteiger partial charge on any atom is -0.388 e. The Kier molecular flexibility index (Phi) is 6.83. The van der Waals surface area contributed by atoms with Crippen LogP contribution < -0.4 is 0 Å². The zero-order chi connectivity index (χ0) is 20.9. The number of halogens is 2. The highest BCUT2D eigenvalue weighted by molar-refractivity contribution is 8.93. The molecule has 1 N–H and O–H groups in total. The Hall–Kier alpha value is -0.950. The van der Waals surface area contributed by atoms with Crippen LogP contribution in [0.15, 0.2) is 18.2 Å². The lowest BCUT2D eigenvalue weighted by Gasteiger charge is -2.37. The predicted octanol–water partition coefficient (Wildman–Crippen LogP) is 4.47. The lowest BCUT2D eigenvalue weighted by molar-refractivity contribution is -0.153. The summed E-state index contributed by atoms with van der Waals surface area (Å²) in [5.41, 5.74) is 2.22. The number of hydrogen-bond donors (Lipinski definition) is 1. The number of hydrogen-bond acceptors (Lipinski definition) is 4. The van der Waals surface area contributed by atoms with Crippen LogP contribution in [-0.2, 0) is 9.59 Å². The minimum atomic E-state index is -0.404. The maximum atomic E-state index is 12.6. The second-order valence-corrected chi connectivity index (χ2v) is 10.4. The molecular formula is C24H32BrClN2O3. The summed E-state index contributed by atoms with van der Waals surface area (Å²) in [4.78, 5) is 29.1. The molecule has 3 unspecified atom stereocenters. The largest absolute Gasteiger partial charge is 0.388 e. The first kappa shape index (κ1) is 23.2. The number of piperidine rings is 1. The van der Waals surface area contributed by atoms with Gasteiger partial charge in [0.2, 0.25) is 11.8 Å². The standard InChI is InChI=1S/C24H31ClN2O3.BrH/c25-16-5-6-17-18(11-16)19-14-26(15-20(19)23(17)30)9-3-4-10-27-21(28)12-24(13-22(27)29)7-1-2-8-24;/h5-6,11,19-20,23,30H,1-4,7-10,12-15H2;1H. The van der Waals surface area contributed by atoms with E-state index in [4.69, 9.17) is 11.6 Å². The summed E-state index contributed by atoms with van der Waals surface area (Å²) in [5, 5.41) is 11.4. The van der Waals surface area contributed by atoms with E-state index in [-0.39, 0.29) is 40.1 Å². The zero-order valence-corrected chi connectivity index (χ0v) is 20.4. The first-order valence-electron chi connectivity index (χ1n) is 11.5. The number of carbonyl (C=O) groups is 2. The van der Waals surface area contributed by atoms with E-state index >= 15 is 0 Å². The molecule has 0 aromatic heterocycles. The second-order valence-electron chi connectivity index (χ2n) is 9.95. The lowest BCUT2D eigenvalue weighted by Crippen LogP contribution is -2.47. The topological polar surface area (TPSA) is 60.9 Å². The molecule has 170 valence electrons. The zero-order valence-electron chi connectivity index (χ0n) is 17.9. The normalized spacial score (nSPS) is 29.4. The number of aliphatic hydroxyl groups is 1. The predicted molar refractivity (Wildman–Crippen MR) is 125 cm³/mol. The lowest BCUT2D eigenvalue weighted by atomic mass is 9.76. The van der Waals surface area contributed by atoms with Crippen LogP contribution in [0.4, 0.5) is 0 Å². The van der Waals surface area contributed by atoms with Gasteiger partial charge in [-0.15, -0.1) is 17.0 Å². The number of amides is 2. The number of imide groups is 1. The summed E-state index contributed by atoms with van der Waals surface area (Å²) in [5.74, 6) is 0.675. The molecule has 1 spiro atoms. The van der Waals surface area contributed by atoms with Crippen molar-refractivity contribution in [3.63, 3.8) is 0 Å². The van der Waals surface area contributed by atoms with Crippen molar-refractivity contribution in [3.8, 4) is 0 Å². The molecule has 5 rings (SSSR count). The Morgan fingerprint density at radius 2 is 1.68 bits per heavy atom. The summed E-state index contributed by atoms with van der Waals surface area (Å²) in [6, 6.07) is 5.84. The van der Waals surface area contributed by atoms with E-state index in [0.717, 1.165) is 68.7 Å². The SMILES string of the molecule is Br.O=C1CC2(CCCC2)CC(=O)N1CCCCN1CC2c3cc(Cl)ccc3C(O)C2C1. The number of unbranched alkanes of at least 4 members (excludes halogenated alkanes) is 1. The highest BCUT2D eigenvalue weighted by atomic mass is 79.9. The summed E-state index contributed by atoms with van der Waals surface area (Å²) < 4.78 is 0. The van der Waals surface area contributed by atoms with Gasteiger partial charge in [0.05, 0.1) is 6.10 Å². The van der Waals surface area contributed by atoms with Crippen molar-refractivity contribution in [3.05, 3.63) is 34.3 Å². The fourth-order valence-electron chi connectivity index (χ4n) is 6.48. The van der Waals surface area contributed by atoms with Crippen molar-refractivity contribution >= 4 is 40.4 Å². The molecule has 0 radical (unpaired) electrons. The molecule has 5 nitrogen and oxygen atoms in total. The number of nitrogens with zero attached hydrogens (tertiary/aromatic N) is 2. The number of fused-ring (bicyclic) bond motifs is 3. The van der Waals surface area contributed by atoms with E-state index in [0.29, 0.717) is 25.3 Å². The fourth-order valence-corrected chi connectivity index (χ4v) is 6.66. The molecule has 4 aliphatic rings. The first-order valence-corrected chi connectivity index (χ1v) is 11.9. The van der Waals surface area contributed by atoms with E-state index < -0.39 is 6.10 Å². The van der Waals surface area contributed by atoms with Crippen LogP contribution in [0.3, 0.4) is 0 Å². The maximum Gasteiger partial charge on any atom is 0.229 e. The Labute approximate surface area is 199 Å². The summed E-state index contributed by atoms with van der Waals surface area (Å²) in [6.45, 7) is 3.33. The highest BCUT2D eigenvalue weighted by Crippen LogP contribution is 2.50. The maximum absolute atomic E-state index is 12.6. The molecule has 2 aliphatic heterocycles. The molecule has 2 heterocycles. The number of rotatable bonds is 5. The Balaban J connectivity index is 0.00000231. The molecule has 3 fully saturated rings. The Morgan fingerprint density at radius 3 is 2.39 bits per heavy atom. The van der Waals surface area contributed by atoms with Crippen LogP contribution in [0.1, 0.15) is 74.5 Å². The van der Waals surface area contributed by atoms with Gasteiger partial charge in [0, 0.05) is 49.3 Å². The number of benzene rings is 1. The summed E-state index contributed by atoms with van der Waals surface area (Å²) in [6.07, 6.45) is 6.92. The molecule has 1 saturated carbocycles. The molecule has 1 aromatic carbocycles. The van der Waals surface area contributed by atoms with Gasteiger partial charge in [-0.2, -0.15) is 0 Å². The second kappa shape index (κ2) is 9.12. The molecule has 2 amide bonds. The van der Waals surface area contributed by atoms with Crippen molar-refractivity contribution in [1.82, 2.24) is 9.80 Å². The van der Waals surface area contributed by atoms with Crippen molar-refractivity contribution in [1.29, 1.82) is 0 Å². The number of carbonyl (C=O) groups excluding carboxylic acids is 2.